The van der Waals surface area contributed by atoms with Crippen molar-refractivity contribution in [3.63, 3.8) is 0 Å². The predicted octanol–water partition coefficient (Wildman–Crippen LogP) is 4.10. The van der Waals surface area contributed by atoms with Crippen molar-refractivity contribution in [1.82, 2.24) is 9.78 Å². The summed E-state index contributed by atoms with van der Waals surface area (Å²) < 4.78 is 2.28. The summed E-state index contributed by atoms with van der Waals surface area (Å²) in [6.07, 6.45) is 10.2. The van der Waals surface area contributed by atoms with Gasteiger partial charge in [-0.1, -0.05) is 0 Å². The van der Waals surface area contributed by atoms with Crippen LogP contribution in [0.3, 0.4) is 0 Å². The second-order valence-electron chi connectivity index (χ2n) is 8.19. The number of carbonyl (C=O) groups is 1. The molecule has 4 bridgehead atoms. The highest BCUT2D eigenvalue weighted by Gasteiger charge is 2.51. The summed E-state index contributed by atoms with van der Waals surface area (Å²) in [5, 5.41) is 7.32. The van der Waals surface area contributed by atoms with E-state index in [-0.39, 0.29) is 11.9 Å². The summed E-state index contributed by atoms with van der Waals surface area (Å²) in [5.41, 5.74) is 0. The maximum atomic E-state index is 12.4. The summed E-state index contributed by atoms with van der Waals surface area (Å²) in [5.74, 6) is 4.34. The maximum absolute atomic E-state index is 12.4. The van der Waals surface area contributed by atoms with Crippen LogP contribution >= 0.6 is 11.8 Å². The van der Waals surface area contributed by atoms with Gasteiger partial charge in [-0.05, 0) is 70.1 Å². The second kappa shape index (κ2) is 5.83. The molecule has 5 heteroatoms. The molecule has 1 aromatic heterocycles. The Morgan fingerprint density at radius 2 is 1.91 bits per heavy atom. The Hall–Kier alpha value is -0.970. The van der Waals surface area contributed by atoms with E-state index in [2.05, 4.69) is 24.3 Å². The third-order valence-electron chi connectivity index (χ3n) is 5.92. The fourth-order valence-electron chi connectivity index (χ4n) is 5.43. The van der Waals surface area contributed by atoms with Crippen LogP contribution in [0.15, 0.2) is 12.3 Å². The highest BCUT2D eigenvalue weighted by Crippen LogP contribution is 2.60. The largest absolute Gasteiger partial charge is 0.310 e. The van der Waals surface area contributed by atoms with E-state index in [9.17, 15) is 4.79 Å². The van der Waals surface area contributed by atoms with Crippen LogP contribution in [-0.2, 0) is 4.79 Å². The molecule has 1 N–H and O–H groups in total. The molecule has 4 aliphatic carbocycles. The van der Waals surface area contributed by atoms with Crippen LogP contribution in [-0.4, -0.2) is 26.2 Å². The van der Waals surface area contributed by atoms with Gasteiger partial charge in [-0.2, -0.15) is 5.10 Å². The molecule has 0 unspecified atom stereocenters. The summed E-state index contributed by atoms with van der Waals surface area (Å²) in [6, 6.07) is 2.14. The van der Waals surface area contributed by atoms with Gasteiger partial charge in [0.15, 0.2) is 0 Å². The van der Waals surface area contributed by atoms with Gasteiger partial charge in [0.1, 0.15) is 5.82 Å². The number of aromatic nitrogens is 2. The standard InChI is InChI=1S/C18H27N3OS/c1-12(2)21-16(3-4-19-21)20-17(22)11-23-18-8-13-5-14(9-18)7-15(6-13)10-18/h3-4,12-15H,5-11H2,1-2H3,(H,20,22). The van der Waals surface area contributed by atoms with Gasteiger partial charge in [0, 0.05) is 16.9 Å². The van der Waals surface area contributed by atoms with Crippen LogP contribution in [0.1, 0.15) is 58.4 Å². The molecule has 0 aromatic carbocycles. The van der Waals surface area contributed by atoms with Crippen molar-refractivity contribution in [2.75, 3.05) is 11.1 Å². The highest BCUT2D eigenvalue weighted by molar-refractivity contribution is 8.01. The Bertz CT molecular complexity index is 560. The average Bonchev–Trinajstić information content (AvgIpc) is 2.92. The minimum absolute atomic E-state index is 0.119. The van der Waals surface area contributed by atoms with Gasteiger partial charge in [-0.3, -0.25) is 4.79 Å². The smallest absolute Gasteiger partial charge is 0.235 e. The van der Waals surface area contributed by atoms with Gasteiger partial charge in [0.25, 0.3) is 0 Å². The number of rotatable bonds is 5. The first kappa shape index (κ1) is 15.6. The molecule has 0 aliphatic heterocycles. The van der Waals surface area contributed by atoms with Crippen molar-refractivity contribution in [3.05, 3.63) is 12.3 Å². The molecule has 5 rings (SSSR count). The Balaban J connectivity index is 1.36. The van der Waals surface area contributed by atoms with E-state index < -0.39 is 0 Å². The van der Waals surface area contributed by atoms with Crippen molar-refractivity contribution in [3.8, 4) is 0 Å². The monoisotopic (exact) mass is 333 g/mol. The molecular formula is C18H27N3OS. The normalized spacial score (nSPS) is 35.0. The van der Waals surface area contributed by atoms with Crippen LogP contribution in [0.25, 0.3) is 0 Å². The molecule has 126 valence electrons. The van der Waals surface area contributed by atoms with E-state index in [1.807, 2.05) is 22.5 Å². The summed E-state index contributed by atoms with van der Waals surface area (Å²) in [6.45, 7) is 4.15. The molecule has 1 aromatic rings. The van der Waals surface area contributed by atoms with Gasteiger partial charge in [0.05, 0.1) is 11.9 Å². The third-order valence-corrected chi connectivity index (χ3v) is 7.44. The SMILES string of the molecule is CC(C)n1nccc1NC(=O)CSC12CC3CC(CC(C3)C1)C2. The van der Waals surface area contributed by atoms with Crippen LogP contribution < -0.4 is 5.32 Å². The van der Waals surface area contributed by atoms with Crippen molar-refractivity contribution in [1.29, 1.82) is 0 Å². The summed E-state index contributed by atoms with van der Waals surface area (Å²) >= 11 is 1.94. The number of amides is 1. The number of nitrogens with one attached hydrogen (secondary N) is 1. The van der Waals surface area contributed by atoms with Crippen molar-refractivity contribution in [2.45, 2.75) is 63.2 Å². The van der Waals surface area contributed by atoms with Crippen LogP contribution in [0.4, 0.5) is 5.82 Å². The van der Waals surface area contributed by atoms with Crippen molar-refractivity contribution in [2.24, 2.45) is 17.8 Å². The van der Waals surface area contributed by atoms with E-state index in [0.717, 1.165) is 23.6 Å². The molecule has 0 saturated heterocycles. The number of hydrogen-bond acceptors (Lipinski definition) is 3. The zero-order valence-electron chi connectivity index (χ0n) is 14.1. The molecule has 1 heterocycles. The van der Waals surface area contributed by atoms with E-state index in [1.54, 1.807) is 6.20 Å². The first-order valence-corrected chi connectivity index (χ1v) is 9.99. The molecule has 4 saturated carbocycles. The fraction of sp³-hybridized carbons (Fsp3) is 0.778. The topological polar surface area (TPSA) is 46.9 Å². The minimum Gasteiger partial charge on any atom is -0.310 e. The molecule has 1 amide bonds. The molecule has 0 radical (unpaired) electrons. The number of nitrogens with zero attached hydrogens (tertiary/aromatic N) is 2. The molecule has 4 nitrogen and oxygen atoms in total. The Kier molecular flexibility index (Phi) is 3.94. The van der Waals surface area contributed by atoms with E-state index in [4.69, 9.17) is 0 Å². The first-order chi connectivity index (χ1) is 11.0. The van der Waals surface area contributed by atoms with Crippen LogP contribution in [0, 0.1) is 17.8 Å². The van der Waals surface area contributed by atoms with Crippen molar-refractivity contribution >= 4 is 23.5 Å². The maximum Gasteiger partial charge on any atom is 0.235 e. The molecule has 0 spiro atoms. The van der Waals surface area contributed by atoms with Gasteiger partial charge >= 0.3 is 0 Å². The quantitative estimate of drug-likeness (QED) is 0.882. The Morgan fingerprint density at radius 3 is 2.48 bits per heavy atom. The number of hydrogen-bond donors (Lipinski definition) is 1. The predicted molar refractivity (Wildman–Crippen MR) is 94.6 cm³/mol. The lowest BCUT2D eigenvalue weighted by atomic mass is 9.56. The minimum atomic E-state index is 0.119. The Morgan fingerprint density at radius 1 is 1.30 bits per heavy atom. The molecule has 0 atom stereocenters. The van der Waals surface area contributed by atoms with Gasteiger partial charge in [-0.25, -0.2) is 4.68 Å². The van der Waals surface area contributed by atoms with Gasteiger partial charge in [-0.15, -0.1) is 11.8 Å². The number of thioether (sulfide) groups is 1. The van der Waals surface area contributed by atoms with Crippen LogP contribution in [0.5, 0.6) is 0 Å². The van der Waals surface area contributed by atoms with Crippen molar-refractivity contribution < 1.29 is 4.79 Å². The van der Waals surface area contributed by atoms with E-state index >= 15 is 0 Å². The lowest BCUT2D eigenvalue weighted by Crippen LogP contribution is -2.49. The van der Waals surface area contributed by atoms with Crippen LogP contribution in [0.2, 0.25) is 0 Å². The molecule has 4 fully saturated rings. The Labute approximate surface area is 142 Å². The summed E-state index contributed by atoms with van der Waals surface area (Å²) in [7, 11) is 0. The lowest BCUT2D eigenvalue weighted by Gasteiger charge is -2.56. The molecule has 23 heavy (non-hydrogen) atoms. The second-order valence-corrected chi connectivity index (χ2v) is 9.64. The molecular weight excluding hydrogens is 306 g/mol. The highest BCUT2D eigenvalue weighted by atomic mass is 32.2. The number of anilines is 1. The zero-order chi connectivity index (χ0) is 16.0. The van der Waals surface area contributed by atoms with E-state index in [1.165, 1.54) is 38.5 Å². The zero-order valence-corrected chi connectivity index (χ0v) is 14.9. The average molecular weight is 334 g/mol. The van der Waals surface area contributed by atoms with E-state index in [0.29, 0.717) is 10.5 Å². The van der Waals surface area contributed by atoms with Gasteiger partial charge < -0.3 is 5.32 Å². The number of carbonyl (C=O) groups excluding carboxylic acids is 1. The summed E-state index contributed by atoms with van der Waals surface area (Å²) in [4.78, 5) is 12.4. The first-order valence-electron chi connectivity index (χ1n) is 9.00. The lowest BCUT2D eigenvalue weighted by molar-refractivity contribution is -0.113. The fourth-order valence-corrected chi connectivity index (χ4v) is 7.00. The van der Waals surface area contributed by atoms with Gasteiger partial charge in [0.2, 0.25) is 5.91 Å². The third kappa shape index (κ3) is 3.04. The molecule has 4 aliphatic rings.